The fourth-order valence-electron chi connectivity index (χ4n) is 0.263. The Kier molecular flexibility index (Phi) is 5.85. The van der Waals surface area contributed by atoms with E-state index in [1.54, 1.807) is 7.11 Å². The van der Waals surface area contributed by atoms with Crippen molar-refractivity contribution in [1.82, 2.24) is 0 Å². The first-order valence-electron chi connectivity index (χ1n) is 2.28. The van der Waals surface area contributed by atoms with Crippen LogP contribution in [0.1, 0.15) is 6.42 Å². The van der Waals surface area contributed by atoms with Gasteiger partial charge in [0.05, 0.1) is 0 Å². The van der Waals surface area contributed by atoms with Crippen LogP contribution in [0, 0.1) is 0 Å². The van der Waals surface area contributed by atoms with Gasteiger partial charge in [0.1, 0.15) is 0 Å². The number of hydrogen-bond donors (Lipinski definition) is 0. The zero-order valence-corrected chi connectivity index (χ0v) is 5.61. The molecule has 0 amide bonds. The highest BCUT2D eigenvalue weighted by atomic mass is 28.2. The molecule has 7 heavy (non-hydrogen) atoms. The van der Waals surface area contributed by atoms with Crippen LogP contribution in [0.3, 0.4) is 0 Å². The minimum atomic E-state index is 0.650. The van der Waals surface area contributed by atoms with Crippen LogP contribution in [0.15, 0.2) is 12.7 Å². The van der Waals surface area contributed by atoms with Crippen molar-refractivity contribution in [2.24, 2.45) is 0 Å². The summed E-state index contributed by atoms with van der Waals surface area (Å²) in [5.74, 6) is 0. The fourth-order valence-corrected chi connectivity index (χ4v) is 0.789. The molecule has 0 aromatic rings. The minimum Gasteiger partial charge on any atom is -0.421 e. The van der Waals surface area contributed by atoms with Gasteiger partial charge in [0.2, 0.25) is 9.76 Å². The Morgan fingerprint density at radius 1 is 1.86 bits per heavy atom. The van der Waals surface area contributed by atoms with E-state index in [2.05, 4.69) is 6.58 Å². The van der Waals surface area contributed by atoms with Crippen LogP contribution in [0.2, 0.25) is 6.04 Å². The van der Waals surface area contributed by atoms with Crippen molar-refractivity contribution >= 4 is 9.76 Å². The maximum Gasteiger partial charge on any atom is 0.229 e. The predicted octanol–water partition coefficient (Wildman–Crippen LogP) is 1.25. The van der Waals surface area contributed by atoms with Gasteiger partial charge in [-0.15, -0.1) is 6.58 Å². The Morgan fingerprint density at radius 2 is 2.57 bits per heavy atom. The van der Waals surface area contributed by atoms with Crippen LogP contribution < -0.4 is 0 Å². The third-order valence-electron chi connectivity index (χ3n) is 0.595. The molecule has 0 aromatic heterocycles. The smallest absolute Gasteiger partial charge is 0.229 e. The molecule has 40 valence electrons. The zero-order chi connectivity index (χ0) is 5.54. The quantitative estimate of drug-likeness (QED) is 0.303. The van der Waals surface area contributed by atoms with Crippen molar-refractivity contribution in [2.75, 3.05) is 7.11 Å². The third-order valence-corrected chi connectivity index (χ3v) is 1.38. The lowest BCUT2D eigenvalue weighted by Crippen LogP contribution is -1.89. The van der Waals surface area contributed by atoms with Gasteiger partial charge in [0, 0.05) is 7.11 Å². The van der Waals surface area contributed by atoms with E-state index < -0.39 is 0 Å². The summed E-state index contributed by atoms with van der Waals surface area (Å²) in [7, 11) is 2.37. The van der Waals surface area contributed by atoms with Crippen LogP contribution in [0.25, 0.3) is 0 Å². The number of allylic oxidation sites excluding steroid dienone is 1. The van der Waals surface area contributed by atoms with Gasteiger partial charge in [-0.05, 0) is 12.5 Å². The molecule has 0 fully saturated rings. The highest BCUT2D eigenvalue weighted by Crippen LogP contribution is 1.86. The molecule has 0 aliphatic rings. The van der Waals surface area contributed by atoms with Crippen molar-refractivity contribution in [2.45, 2.75) is 12.5 Å². The van der Waals surface area contributed by atoms with Crippen LogP contribution in [-0.2, 0) is 4.43 Å². The first-order valence-corrected chi connectivity index (χ1v) is 3.40. The molecule has 0 saturated heterocycles. The molecule has 2 heteroatoms. The Balaban J connectivity index is 2.56. The number of rotatable bonds is 4. The standard InChI is InChI=1S/C5H10OSi/c1-3-4-5-7-6-2/h3H,1,4-5H2,2H3. The molecule has 0 aromatic carbocycles. The molecule has 0 unspecified atom stereocenters. The second kappa shape index (κ2) is 5.92. The molecule has 0 aliphatic carbocycles. The summed E-state index contributed by atoms with van der Waals surface area (Å²) in [6.45, 7) is 3.58. The van der Waals surface area contributed by atoms with Gasteiger partial charge in [0.25, 0.3) is 0 Å². The molecule has 1 nitrogen and oxygen atoms in total. The van der Waals surface area contributed by atoms with Gasteiger partial charge in [-0.25, -0.2) is 0 Å². The van der Waals surface area contributed by atoms with Crippen LogP contribution >= 0.6 is 0 Å². The maximum atomic E-state index is 4.82. The predicted molar refractivity (Wildman–Crippen MR) is 32.4 cm³/mol. The lowest BCUT2D eigenvalue weighted by molar-refractivity contribution is 0.441. The molecule has 0 saturated carbocycles. The summed E-state index contributed by atoms with van der Waals surface area (Å²) in [6, 6.07) is 1.12. The van der Waals surface area contributed by atoms with Crippen LogP contribution in [0.4, 0.5) is 0 Å². The first-order chi connectivity index (χ1) is 3.41. The molecule has 0 atom stereocenters. The van der Waals surface area contributed by atoms with Crippen molar-refractivity contribution in [3.05, 3.63) is 12.7 Å². The van der Waals surface area contributed by atoms with E-state index in [4.69, 9.17) is 4.43 Å². The van der Waals surface area contributed by atoms with E-state index >= 15 is 0 Å². The maximum absolute atomic E-state index is 4.82. The van der Waals surface area contributed by atoms with E-state index in [0.29, 0.717) is 9.76 Å². The summed E-state index contributed by atoms with van der Waals surface area (Å²) < 4.78 is 4.82. The Bertz CT molecular complexity index is 45.3. The van der Waals surface area contributed by atoms with Crippen molar-refractivity contribution < 1.29 is 4.43 Å². The molecule has 2 radical (unpaired) electrons. The molecule has 0 aliphatic heterocycles. The van der Waals surface area contributed by atoms with Gasteiger partial charge in [0.15, 0.2) is 0 Å². The average Bonchev–Trinajstić information content (AvgIpc) is 1.69. The largest absolute Gasteiger partial charge is 0.421 e. The van der Waals surface area contributed by atoms with Crippen LogP contribution in [0.5, 0.6) is 0 Å². The summed E-state index contributed by atoms with van der Waals surface area (Å²) in [5.41, 5.74) is 0. The molecular weight excluding hydrogens is 104 g/mol. The lowest BCUT2D eigenvalue weighted by Gasteiger charge is -1.87. The van der Waals surface area contributed by atoms with Gasteiger partial charge < -0.3 is 4.43 Å². The molecule has 0 heterocycles. The highest BCUT2D eigenvalue weighted by Gasteiger charge is 1.81. The molecule has 0 spiro atoms. The normalized spacial score (nSPS) is 8.71. The van der Waals surface area contributed by atoms with Gasteiger partial charge in [-0.2, -0.15) is 0 Å². The van der Waals surface area contributed by atoms with Crippen molar-refractivity contribution in [3.8, 4) is 0 Å². The van der Waals surface area contributed by atoms with E-state index in [0.717, 1.165) is 12.5 Å². The SMILES string of the molecule is C=CCC[Si]OC. The lowest BCUT2D eigenvalue weighted by atomic mass is 10.5. The summed E-state index contributed by atoms with van der Waals surface area (Å²) in [5, 5.41) is 0. The van der Waals surface area contributed by atoms with Gasteiger partial charge >= 0.3 is 0 Å². The van der Waals surface area contributed by atoms with E-state index in [1.807, 2.05) is 6.08 Å². The Hall–Kier alpha value is -0.0831. The van der Waals surface area contributed by atoms with E-state index in [9.17, 15) is 0 Å². The third kappa shape index (κ3) is 5.92. The summed E-state index contributed by atoms with van der Waals surface area (Å²) in [6.07, 6.45) is 2.98. The monoisotopic (exact) mass is 114 g/mol. The van der Waals surface area contributed by atoms with Crippen molar-refractivity contribution in [1.29, 1.82) is 0 Å². The second-order valence-corrected chi connectivity index (χ2v) is 2.37. The minimum absolute atomic E-state index is 0.650. The summed E-state index contributed by atoms with van der Waals surface area (Å²) in [4.78, 5) is 0. The van der Waals surface area contributed by atoms with E-state index in [-0.39, 0.29) is 0 Å². The second-order valence-electron chi connectivity index (χ2n) is 1.18. The van der Waals surface area contributed by atoms with Crippen LogP contribution in [-0.4, -0.2) is 16.9 Å². The zero-order valence-electron chi connectivity index (χ0n) is 4.61. The molecule has 0 N–H and O–H groups in total. The molecule has 0 bridgehead atoms. The van der Waals surface area contributed by atoms with Gasteiger partial charge in [-0.1, -0.05) is 6.08 Å². The molecule has 0 rings (SSSR count). The Labute approximate surface area is 47.3 Å². The Morgan fingerprint density at radius 3 is 3.00 bits per heavy atom. The first kappa shape index (κ1) is 6.92. The highest BCUT2D eigenvalue weighted by molar-refractivity contribution is 6.26. The fraction of sp³-hybridized carbons (Fsp3) is 0.600. The average molecular weight is 114 g/mol. The summed E-state index contributed by atoms with van der Waals surface area (Å²) >= 11 is 0. The van der Waals surface area contributed by atoms with Gasteiger partial charge in [-0.3, -0.25) is 0 Å². The number of hydrogen-bond acceptors (Lipinski definition) is 1. The van der Waals surface area contributed by atoms with E-state index in [1.165, 1.54) is 0 Å². The topological polar surface area (TPSA) is 9.23 Å². The van der Waals surface area contributed by atoms with Crippen molar-refractivity contribution in [3.63, 3.8) is 0 Å². The molecular formula is C5H10OSi.